The number of ether oxygens (including phenoxy) is 1. The Kier molecular flexibility index (Phi) is 6.87. The molecule has 0 bridgehead atoms. The van der Waals surface area contributed by atoms with Crippen LogP contribution in [0.3, 0.4) is 0 Å². The first-order chi connectivity index (χ1) is 16.5. The summed E-state index contributed by atoms with van der Waals surface area (Å²) in [5, 5.41) is 4.95. The minimum Gasteiger partial charge on any atom is -0.444 e. The van der Waals surface area contributed by atoms with E-state index >= 15 is 0 Å². The summed E-state index contributed by atoms with van der Waals surface area (Å²) in [6.07, 6.45) is 8.34. The van der Waals surface area contributed by atoms with Gasteiger partial charge in [0, 0.05) is 63.4 Å². The normalized spacial score (nSPS) is 29.6. The van der Waals surface area contributed by atoms with Crippen LogP contribution in [0.25, 0.3) is 0 Å². The van der Waals surface area contributed by atoms with Crippen LogP contribution in [0.1, 0.15) is 83.5 Å². The summed E-state index contributed by atoms with van der Waals surface area (Å²) in [7, 11) is 0. The SMILES string of the molecule is CC(=O)N1CCc2c(c(I)nn2C2CCC3(CC2)CC(N2CCN(C(=O)OC(C)(C)C)CC2)C3)C1. The lowest BCUT2D eigenvalue weighted by Gasteiger charge is -2.56. The maximum Gasteiger partial charge on any atom is 0.410 e. The molecule has 0 aromatic carbocycles. The van der Waals surface area contributed by atoms with Crippen LogP contribution in [0.5, 0.6) is 0 Å². The molecule has 2 saturated carbocycles. The van der Waals surface area contributed by atoms with E-state index in [-0.39, 0.29) is 12.0 Å². The summed E-state index contributed by atoms with van der Waals surface area (Å²) in [5.41, 5.74) is 2.70. The van der Waals surface area contributed by atoms with Crippen LogP contribution in [-0.4, -0.2) is 80.8 Å². The van der Waals surface area contributed by atoms with Gasteiger partial charge >= 0.3 is 6.09 Å². The molecule has 5 rings (SSSR count). The largest absolute Gasteiger partial charge is 0.444 e. The lowest BCUT2D eigenvalue weighted by Crippen LogP contribution is -2.58. The van der Waals surface area contributed by atoms with E-state index in [0.717, 1.165) is 42.8 Å². The van der Waals surface area contributed by atoms with E-state index in [2.05, 4.69) is 32.2 Å². The van der Waals surface area contributed by atoms with Gasteiger partial charge in [0.1, 0.15) is 9.30 Å². The highest BCUT2D eigenvalue weighted by Crippen LogP contribution is 2.55. The highest BCUT2D eigenvalue weighted by Gasteiger charge is 2.49. The van der Waals surface area contributed by atoms with Gasteiger partial charge in [0.25, 0.3) is 0 Å². The van der Waals surface area contributed by atoms with Crippen molar-refractivity contribution in [3.8, 4) is 0 Å². The number of carbonyl (C=O) groups excluding carboxylic acids is 2. The fourth-order valence-corrected chi connectivity index (χ4v) is 7.35. The molecule has 0 unspecified atom stereocenters. The number of amides is 2. The van der Waals surface area contributed by atoms with E-state index in [1.54, 1.807) is 6.92 Å². The topological polar surface area (TPSA) is 70.9 Å². The summed E-state index contributed by atoms with van der Waals surface area (Å²) in [4.78, 5) is 30.6. The molecule has 0 radical (unpaired) electrons. The van der Waals surface area contributed by atoms with Gasteiger partial charge in [-0.3, -0.25) is 14.4 Å². The van der Waals surface area contributed by atoms with E-state index in [9.17, 15) is 9.59 Å². The highest BCUT2D eigenvalue weighted by molar-refractivity contribution is 14.1. The molecule has 0 atom stereocenters. The predicted molar refractivity (Wildman–Crippen MR) is 142 cm³/mol. The van der Waals surface area contributed by atoms with Crippen molar-refractivity contribution in [3.05, 3.63) is 15.0 Å². The van der Waals surface area contributed by atoms with Gasteiger partial charge in [-0.25, -0.2) is 4.79 Å². The van der Waals surface area contributed by atoms with Crippen molar-refractivity contribution in [2.75, 3.05) is 32.7 Å². The molecule has 1 aromatic heterocycles. The average molecular weight is 598 g/mol. The van der Waals surface area contributed by atoms with E-state index in [4.69, 9.17) is 9.84 Å². The Balaban J connectivity index is 1.11. The summed E-state index contributed by atoms with van der Waals surface area (Å²) < 4.78 is 8.94. The zero-order chi connectivity index (χ0) is 25.0. The minimum absolute atomic E-state index is 0.157. The average Bonchev–Trinajstić information content (AvgIpc) is 3.12. The second-order valence-electron chi connectivity index (χ2n) is 12.1. The van der Waals surface area contributed by atoms with Gasteiger partial charge in [0.15, 0.2) is 0 Å². The van der Waals surface area contributed by atoms with Crippen LogP contribution < -0.4 is 0 Å². The molecule has 3 heterocycles. The van der Waals surface area contributed by atoms with Crippen molar-refractivity contribution in [3.63, 3.8) is 0 Å². The summed E-state index contributed by atoms with van der Waals surface area (Å²) in [6, 6.07) is 1.17. The fourth-order valence-electron chi connectivity index (χ4n) is 6.64. The fraction of sp³-hybridized carbons (Fsp3) is 0.808. The smallest absolute Gasteiger partial charge is 0.410 e. The number of rotatable bonds is 2. The van der Waals surface area contributed by atoms with Crippen LogP contribution in [0.4, 0.5) is 4.79 Å². The standard InChI is InChI=1S/C26H40IN5O3/c1-18(33)31-10-7-22-21(17-31)23(27)28-32(22)19-5-8-26(9-6-19)15-20(16-26)29-11-13-30(14-12-29)24(34)35-25(2,3)4/h19-20H,5-17H2,1-4H3. The Morgan fingerprint density at radius 2 is 1.66 bits per heavy atom. The number of hydrogen-bond acceptors (Lipinski definition) is 5. The van der Waals surface area contributed by atoms with Crippen molar-refractivity contribution in [2.45, 2.75) is 96.9 Å². The van der Waals surface area contributed by atoms with Gasteiger partial charge < -0.3 is 14.5 Å². The Morgan fingerprint density at radius 3 is 2.26 bits per heavy atom. The number of hydrogen-bond donors (Lipinski definition) is 0. The molecule has 2 aliphatic carbocycles. The van der Waals surface area contributed by atoms with E-state index in [1.807, 2.05) is 30.6 Å². The Labute approximate surface area is 222 Å². The minimum atomic E-state index is -0.434. The van der Waals surface area contributed by atoms with Gasteiger partial charge in [0.05, 0.1) is 12.6 Å². The number of fused-ring (bicyclic) bond motifs is 1. The quantitative estimate of drug-likeness (QED) is 0.478. The second-order valence-corrected chi connectivity index (χ2v) is 13.2. The predicted octanol–water partition coefficient (Wildman–Crippen LogP) is 4.21. The van der Waals surface area contributed by atoms with E-state index < -0.39 is 5.60 Å². The molecule has 194 valence electrons. The molecule has 9 heteroatoms. The third-order valence-corrected chi connectivity index (χ3v) is 9.53. The molecule has 2 amide bonds. The Bertz CT molecular complexity index is 962. The zero-order valence-electron chi connectivity index (χ0n) is 21.7. The molecule has 3 fully saturated rings. The zero-order valence-corrected chi connectivity index (χ0v) is 23.8. The van der Waals surface area contributed by atoms with Gasteiger partial charge in [0.2, 0.25) is 5.91 Å². The van der Waals surface area contributed by atoms with Crippen LogP contribution in [0.15, 0.2) is 0 Å². The van der Waals surface area contributed by atoms with Crippen LogP contribution in [0, 0.1) is 9.12 Å². The Hall–Kier alpha value is -1.36. The van der Waals surface area contributed by atoms with Crippen molar-refractivity contribution in [1.29, 1.82) is 0 Å². The Morgan fingerprint density at radius 1 is 1.00 bits per heavy atom. The molecular formula is C26H40IN5O3. The molecule has 1 aromatic rings. The van der Waals surface area contributed by atoms with Gasteiger partial charge in [-0.05, 0) is 87.3 Å². The molecule has 4 aliphatic rings. The van der Waals surface area contributed by atoms with Gasteiger partial charge in [-0.15, -0.1) is 0 Å². The van der Waals surface area contributed by atoms with Crippen LogP contribution in [0.2, 0.25) is 0 Å². The first-order valence-corrected chi connectivity index (χ1v) is 14.3. The van der Waals surface area contributed by atoms with E-state index in [0.29, 0.717) is 24.0 Å². The van der Waals surface area contributed by atoms with Crippen molar-refractivity contribution in [2.24, 2.45) is 5.41 Å². The lowest BCUT2D eigenvalue weighted by atomic mass is 9.57. The maximum absolute atomic E-state index is 12.4. The van der Waals surface area contributed by atoms with Crippen molar-refractivity contribution in [1.82, 2.24) is 24.5 Å². The van der Waals surface area contributed by atoms with Gasteiger partial charge in [-0.2, -0.15) is 5.10 Å². The number of halogens is 1. The molecular weight excluding hydrogens is 557 g/mol. The van der Waals surface area contributed by atoms with Crippen LogP contribution in [-0.2, 0) is 22.5 Å². The number of aromatic nitrogens is 2. The molecule has 1 spiro atoms. The molecule has 1 saturated heterocycles. The summed E-state index contributed by atoms with van der Waals surface area (Å²) in [6.45, 7) is 12.4. The third-order valence-electron chi connectivity index (χ3n) is 8.66. The number of nitrogens with zero attached hydrogens (tertiary/aromatic N) is 5. The number of piperazine rings is 1. The van der Waals surface area contributed by atoms with Gasteiger partial charge in [-0.1, -0.05) is 0 Å². The molecule has 0 N–H and O–H groups in total. The first-order valence-electron chi connectivity index (χ1n) is 13.3. The molecule has 2 aliphatic heterocycles. The third kappa shape index (κ3) is 5.22. The monoisotopic (exact) mass is 597 g/mol. The first kappa shape index (κ1) is 25.3. The number of carbonyl (C=O) groups is 2. The maximum atomic E-state index is 12.4. The summed E-state index contributed by atoms with van der Waals surface area (Å²) in [5.74, 6) is 0.157. The highest BCUT2D eigenvalue weighted by atomic mass is 127. The van der Waals surface area contributed by atoms with E-state index in [1.165, 1.54) is 49.8 Å². The lowest BCUT2D eigenvalue weighted by molar-refractivity contribution is -0.129. The van der Waals surface area contributed by atoms with Crippen molar-refractivity contribution < 1.29 is 14.3 Å². The molecule has 35 heavy (non-hydrogen) atoms. The second kappa shape index (κ2) is 9.50. The van der Waals surface area contributed by atoms with Crippen molar-refractivity contribution >= 4 is 34.6 Å². The van der Waals surface area contributed by atoms with Crippen LogP contribution >= 0.6 is 22.6 Å². The summed E-state index contributed by atoms with van der Waals surface area (Å²) >= 11 is 2.35. The molecule has 8 nitrogen and oxygen atoms in total.